The molecule has 0 unspecified atom stereocenters. The molecule has 128 valence electrons. The number of benzene rings is 2. The van der Waals surface area contributed by atoms with Crippen LogP contribution in [0, 0.1) is 0 Å². The standard InChI is InChI=1S/C17H14ClN3O3S/c1-19-25(23,24)13-6-7-15(18)14(9-13)17(22)21-12-8-11-4-2-3-5-16(11)20-10-12/h2-10,19H,1H3,(H,21,22). The lowest BCUT2D eigenvalue weighted by Gasteiger charge is -2.09. The SMILES string of the molecule is CNS(=O)(=O)c1ccc(Cl)c(C(=O)Nc2cnc3ccccc3c2)c1. The largest absolute Gasteiger partial charge is 0.321 e. The van der Waals surface area contributed by atoms with Crippen LogP contribution in [0.3, 0.4) is 0 Å². The van der Waals surface area contributed by atoms with Crippen molar-refractivity contribution in [3.05, 3.63) is 65.3 Å². The minimum Gasteiger partial charge on any atom is -0.321 e. The van der Waals surface area contributed by atoms with Crippen molar-refractivity contribution in [1.82, 2.24) is 9.71 Å². The fourth-order valence-corrected chi connectivity index (χ4v) is 3.26. The van der Waals surface area contributed by atoms with Gasteiger partial charge in [0.2, 0.25) is 10.0 Å². The number of hydrogen-bond acceptors (Lipinski definition) is 4. The number of aromatic nitrogens is 1. The first kappa shape index (κ1) is 17.3. The van der Waals surface area contributed by atoms with Crippen molar-refractivity contribution < 1.29 is 13.2 Å². The first-order valence-electron chi connectivity index (χ1n) is 7.30. The molecule has 0 saturated carbocycles. The van der Waals surface area contributed by atoms with Gasteiger partial charge in [-0.05, 0) is 37.4 Å². The Labute approximate surface area is 149 Å². The molecule has 6 nitrogen and oxygen atoms in total. The van der Waals surface area contributed by atoms with Crippen LogP contribution in [0.5, 0.6) is 0 Å². The molecule has 0 atom stereocenters. The monoisotopic (exact) mass is 375 g/mol. The first-order valence-corrected chi connectivity index (χ1v) is 9.16. The van der Waals surface area contributed by atoms with Crippen molar-refractivity contribution in [2.24, 2.45) is 0 Å². The molecule has 3 aromatic rings. The van der Waals surface area contributed by atoms with Crippen LogP contribution in [0.4, 0.5) is 5.69 Å². The van der Waals surface area contributed by atoms with E-state index in [4.69, 9.17) is 11.6 Å². The van der Waals surface area contributed by atoms with Gasteiger partial charge in [0, 0.05) is 5.39 Å². The molecule has 2 N–H and O–H groups in total. The third-order valence-corrected chi connectivity index (χ3v) is 5.35. The van der Waals surface area contributed by atoms with Crippen molar-refractivity contribution in [3.8, 4) is 0 Å². The highest BCUT2D eigenvalue weighted by Crippen LogP contribution is 2.22. The maximum absolute atomic E-state index is 12.5. The summed E-state index contributed by atoms with van der Waals surface area (Å²) in [4.78, 5) is 16.7. The Morgan fingerprint density at radius 3 is 2.64 bits per heavy atom. The number of nitrogens with one attached hydrogen (secondary N) is 2. The van der Waals surface area contributed by atoms with Gasteiger partial charge in [-0.2, -0.15) is 0 Å². The summed E-state index contributed by atoms with van der Waals surface area (Å²) in [7, 11) is -2.38. The van der Waals surface area contributed by atoms with E-state index in [0.717, 1.165) is 10.9 Å². The van der Waals surface area contributed by atoms with Crippen LogP contribution in [-0.2, 0) is 10.0 Å². The van der Waals surface area contributed by atoms with E-state index in [1.807, 2.05) is 24.3 Å². The van der Waals surface area contributed by atoms with Gasteiger partial charge in [-0.25, -0.2) is 13.1 Å². The summed E-state index contributed by atoms with van der Waals surface area (Å²) in [5.74, 6) is -0.518. The highest BCUT2D eigenvalue weighted by atomic mass is 35.5. The molecular weight excluding hydrogens is 362 g/mol. The van der Waals surface area contributed by atoms with Crippen molar-refractivity contribution in [2.75, 3.05) is 12.4 Å². The van der Waals surface area contributed by atoms with Crippen molar-refractivity contribution in [1.29, 1.82) is 0 Å². The van der Waals surface area contributed by atoms with E-state index in [1.54, 1.807) is 6.07 Å². The number of carbonyl (C=O) groups is 1. The second-order valence-electron chi connectivity index (χ2n) is 5.22. The van der Waals surface area contributed by atoms with Crippen LogP contribution in [0.25, 0.3) is 10.9 Å². The number of pyridine rings is 1. The lowest BCUT2D eigenvalue weighted by atomic mass is 10.2. The van der Waals surface area contributed by atoms with Crippen LogP contribution in [0.15, 0.2) is 59.6 Å². The van der Waals surface area contributed by atoms with Crippen molar-refractivity contribution in [2.45, 2.75) is 4.90 Å². The molecule has 0 aliphatic heterocycles. The quantitative estimate of drug-likeness (QED) is 0.733. The van der Waals surface area contributed by atoms with E-state index in [2.05, 4.69) is 15.0 Å². The molecule has 0 aliphatic rings. The number of para-hydroxylation sites is 1. The lowest BCUT2D eigenvalue weighted by molar-refractivity contribution is 0.102. The number of rotatable bonds is 4. The minimum atomic E-state index is -3.67. The van der Waals surface area contributed by atoms with Crippen LogP contribution < -0.4 is 10.0 Å². The Morgan fingerprint density at radius 1 is 1.12 bits per heavy atom. The third-order valence-electron chi connectivity index (χ3n) is 3.61. The summed E-state index contributed by atoms with van der Waals surface area (Å²) in [6.07, 6.45) is 1.53. The molecule has 0 saturated heterocycles. The molecule has 1 aromatic heterocycles. The molecular formula is C17H14ClN3O3S. The number of sulfonamides is 1. The van der Waals surface area contributed by atoms with Crippen molar-refractivity contribution >= 4 is 44.1 Å². The third kappa shape index (κ3) is 3.63. The number of halogens is 1. The zero-order valence-electron chi connectivity index (χ0n) is 13.2. The second kappa shape index (κ2) is 6.79. The topological polar surface area (TPSA) is 88.2 Å². The number of nitrogens with zero attached hydrogens (tertiary/aromatic N) is 1. The summed E-state index contributed by atoms with van der Waals surface area (Å²) in [6.45, 7) is 0. The predicted molar refractivity (Wildman–Crippen MR) is 97.4 cm³/mol. The maximum Gasteiger partial charge on any atom is 0.257 e. The zero-order chi connectivity index (χ0) is 18.0. The molecule has 2 aromatic carbocycles. The average molecular weight is 376 g/mol. The van der Waals surface area contributed by atoms with Crippen LogP contribution >= 0.6 is 11.6 Å². The lowest BCUT2D eigenvalue weighted by Crippen LogP contribution is -2.20. The van der Waals surface area contributed by atoms with Gasteiger partial charge in [0.25, 0.3) is 5.91 Å². The summed E-state index contributed by atoms with van der Waals surface area (Å²) in [5, 5.41) is 3.71. The van der Waals surface area contributed by atoms with Gasteiger partial charge in [0.05, 0.1) is 32.9 Å². The van der Waals surface area contributed by atoms with Crippen molar-refractivity contribution in [3.63, 3.8) is 0 Å². The van der Waals surface area contributed by atoms with Crippen LogP contribution in [0.2, 0.25) is 5.02 Å². The van der Waals surface area contributed by atoms with Gasteiger partial charge in [-0.1, -0.05) is 29.8 Å². The van der Waals surface area contributed by atoms with E-state index in [1.165, 1.54) is 31.4 Å². The van der Waals surface area contributed by atoms with E-state index in [-0.39, 0.29) is 15.5 Å². The molecule has 25 heavy (non-hydrogen) atoms. The highest BCUT2D eigenvalue weighted by Gasteiger charge is 2.17. The molecule has 3 rings (SSSR count). The zero-order valence-corrected chi connectivity index (χ0v) is 14.7. The summed E-state index contributed by atoms with van der Waals surface area (Å²) in [5.41, 5.74) is 1.36. The van der Waals surface area contributed by atoms with E-state index in [9.17, 15) is 13.2 Å². The Morgan fingerprint density at radius 2 is 1.88 bits per heavy atom. The van der Waals surface area contributed by atoms with Gasteiger partial charge in [0.1, 0.15) is 0 Å². The van der Waals surface area contributed by atoms with E-state index < -0.39 is 15.9 Å². The smallest absolute Gasteiger partial charge is 0.257 e. The number of amides is 1. The molecule has 0 aliphatic carbocycles. The van der Waals surface area contributed by atoms with Crippen LogP contribution in [0.1, 0.15) is 10.4 Å². The molecule has 0 fully saturated rings. The van der Waals surface area contributed by atoms with Gasteiger partial charge < -0.3 is 5.32 Å². The number of hydrogen-bond donors (Lipinski definition) is 2. The Kier molecular flexibility index (Phi) is 4.71. The maximum atomic E-state index is 12.5. The molecule has 0 radical (unpaired) electrons. The van der Waals surface area contributed by atoms with Crippen LogP contribution in [-0.4, -0.2) is 26.4 Å². The summed E-state index contributed by atoms with van der Waals surface area (Å²) >= 11 is 6.05. The van der Waals surface area contributed by atoms with E-state index in [0.29, 0.717) is 5.69 Å². The normalized spacial score (nSPS) is 11.4. The van der Waals surface area contributed by atoms with Gasteiger partial charge in [-0.15, -0.1) is 0 Å². The van der Waals surface area contributed by atoms with E-state index >= 15 is 0 Å². The Bertz CT molecular complexity index is 1070. The fraction of sp³-hybridized carbons (Fsp3) is 0.0588. The number of fused-ring (bicyclic) bond motifs is 1. The Hall–Kier alpha value is -2.48. The highest BCUT2D eigenvalue weighted by molar-refractivity contribution is 7.89. The first-order chi connectivity index (χ1) is 11.9. The second-order valence-corrected chi connectivity index (χ2v) is 7.51. The van der Waals surface area contributed by atoms with Gasteiger partial charge in [0.15, 0.2) is 0 Å². The predicted octanol–water partition coefficient (Wildman–Crippen LogP) is 3.05. The fourth-order valence-electron chi connectivity index (χ4n) is 2.30. The molecule has 0 bridgehead atoms. The minimum absolute atomic E-state index is 0.0406. The number of carbonyl (C=O) groups excluding carboxylic acids is 1. The molecule has 0 spiro atoms. The molecule has 1 amide bonds. The number of anilines is 1. The van der Waals surface area contributed by atoms with Gasteiger partial charge in [-0.3, -0.25) is 9.78 Å². The average Bonchev–Trinajstić information content (AvgIpc) is 2.61. The molecule has 8 heteroatoms. The Balaban J connectivity index is 1.93. The summed E-state index contributed by atoms with van der Waals surface area (Å²) < 4.78 is 26.0. The summed E-state index contributed by atoms with van der Waals surface area (Å²) in [6, 6.07) is 13.2. The molecule has 1 heterocycles. The van der Waals surface area contributed by atoms with Gasteiger partial charge >= 0.3 is 0 Å².